The summed E-state index contributed by atoms with van der Waals surface area (Å²) in [6, 6.07) is 4.00. The Labute approximate surface area is 88.1 Å². The zero-order valence-corrected chi connectivity index (χ0v) is 8.55. The number of hydrogen-bond donors (Lipinski definition) is 1. The van der Waals surface area contributed by atoms with Crippen molar-refractivity contribution < 1.29 is 8.78 Å². The second-order valence-electron chi connectivity index (χ2n) is 4.51. The molecule has 0 spiro atoms. The van der Waals surface area contributed by atoms with Crippen molar-refractivity contribution in [3.63, 3.8) is 0 Å². The maximum atomic E-state index is 13.5. The van der Waals surface area contributed by atoms with Crippen molar-refractivity contribution in [3.8, 4) is 0 Å². The average Bonchev–Trinajstić information content (AvgIpc) is 2.81. The van der Waals surface area contributed by atoms with Crippen molar-refractivity contribution in [3.05, 3.63) is 35.4 Å². The highest BCUT2D eigenvalue weighted by molar-refractivity contribution is 5.27. The summed E-state index contributed by atoms with van der Waals surface area (Å²) in [4.78, 5) is 0. The summed E-state index contributed by atoms with van der Waals surface area (Å²) in [6.07, 6.45) is 3.56. The Balaban J connectivity index is 0.000000853. The van der Waals surface area contributed by atoms with Crippen molar-refractivity contribution >= 4 is 0 Å². The van der Waals surface area contributed by atoms with Gasteiger partial charge in [0.15, 0.2) is 0 Å². The lowest BCUT2D eigenvalue weighted by Gasteiger charge is -2.12. The highest BCUT2D eigenvalue weighted by Gasteiger charge is 2.48. The molecule has 1 aromatic rings. The summed E-state index contributed by atoms with van der Waals surface area (Å²) in [5.41, 5.74) is 0.733. The molecule has 3 unspecified atom stereocenters. The van der Waals surface area contributed by atoms with Crippen molar-refractivity contribution in [1.82, 2.24) is 6.15 Å². The monoisotopic (exact) mass is 211 g/mol. The van der Waals surface area contributed by atoms with Gasteiger partial charge in [0.25, 0.3) is 0 Å². The molecule has 0 radical (unpaired) electrons. The minimum absolute atomic E-state index is 0. The minimum Gasteiger partial charge on any atom is -0.344 e. The zero-order valence-electron chi connectivity index (χ0n) is 8.55. The van der Waals surface area contributed by atoms with E-state index in [0.717, 1.165) is 24.0 Å². The molecule has 82 valence electrons. The summed E-state index contributed by atoms with van der Waals surface area (Å²) in [6.45, 7) is 0. The SMILES string of the molecule is Fc1ccc(C2CCC3CC32)c(F)c1.N. The van der Waals surface area contributed by atoms with Crippen molar-refractivity contribution in [2.45, 2.75) is 25.2 Å². The Morgan fingerprint density at radius 2 is 1.93 bits per heavy atom. The second-order valence-corrected chi connectivity index (χ2v) is 4.51. The topological polar surface area (TPSA) is 35.0 Å². The Kier molecular flexibility index (Phi) is 2.51. The third-order valence-electron chi connectivity index (χ3n) is 3.70. The second kappa shape index (κ2) is 3.56. The van der Waals surface area contributed by atoms with Crippen LogP contribution in [0.15, 0.2) is 18.2 Å². The predicted octanol–water partition coefficient (Wildman–Crippen LogP) is 3.64. The third kappa shape index (κ3) is 1.65. The smallest absolute Gasteiger partial charge is 0.129 e. The summed E-state index contributed by atoms with van der Waals surface area (Å²) in [5.74, 6) is 1.05. The number of rotatable bonds is 1. The molecule has 2 aliphatic carbocycles. The number of benzene rings is 1. The molecule has 3 N–H and O–H groups in total. The van der Waals surface area contributed by atoms with Gasteiger partial charge in [-0.2, -0.15) is 0 Å². The molecule has 3 heteroatoms. The molecule has 0 heterocycles. The van der Waals surface area contributed by atoms with Gasteiger partial charge >= 0.3 is 0 Å². The molecule has 2 saturated carbocycles. The maximum Gasteiger partial charge on any atom is 0.129 e. The molecule has 1 aromatic carbocycles. The van der Waals surface area contributed by atoms with E-state index in [-0.39, 0.29) is 12.0 Å². The Bertz CT molecular complexity index is 378. The van der Waals surface area contributed by atoms with E-state index < -0.39 is 5.82 Å². The minimum atomic E-state index is -0.475. The first-order chi connectivity index (χ1) is 6.75. The van der Waals surface area contributed by atoms with Gasteiger partial charge in [-0.15, -0.1) is 0 Å². The fourth-order valence-corrected chi connectivity index (χ4v) is 2.89. The van der Waals surface area contributed by atoms with Gasteiger partial charge in [-0.25, -0.2) is 8.78 Å². The fourth-order valence-electron chi connectivity index (χ4n) is 2.89. The molecule has 0 amide bonds. The van der Waals surface area contributed by atoms with E-state index in [9.17, 15) is 8.78 Å². The van der Waals surface area contributed by atoms with Crippen LogP contribution in [-0.2, 0) is 0 Å². The number of hydrogen-bond acceptors (Lipinski definition) is 1. The summed E-state index contributed by atoms with van der Waals surface area (Å²) in [7, 11) is 0. The van der Waals surface area contributed by atoms with Crippen LogP contribution in [0.1, 0.15) is 30.7 Å². The van der Waals surface area contributed by atoms with Crippen molar-refractivity contribution in [2.24, 2.45) is 11.8 Å². The van der Waals surface area contributed by atoms with Crippen LogP contribution in [-0.4, -0.2) is 0 Å². The quantitative estimate of drug-likeness (QED) is 0.756. The highest BCUT2D eigenvalue weighted by atomic mass is 19.1. The van der Waals surface area contributed by atoms with E-state index in [1.807, 2.05) is 0 Å². The van der Waals surface area contributed by atoms with E-state index in [1.165, 1.54) is 18.9 Å². The van der Waals surface area contributed by atoms with Gasteiger partial charge in [0.2, 0.25) is 0 Å². The van der Waals surface area contributed by atoms with Crippen LogP contribution in [0.25, 0.3) is 0 Å². The standard InChI is InChI=1S/C12H12F2.H3N/c13-8-2-4-10(12(14)6-8)9-3-1-7-5-11(7)9;/h2,4,6-7,9,11H,1,3,5H2;1H3. The molecular weight excluding hydrogens is 196 g/mol. The van der Waals surface area contributed by atoms with Crippen LogP contribution in [0.3, 0.4) is 0 Å². The van der Waals surface area contributed by atoms with Gasteiger partial charge in [-0.1, -0.05) is 6.07 Å². The summed E-state index contributed by atoms with van der Waals surface area (Å²) in [5, 5.41) is 0. The molecule has 0 aromatic heterocycles. The molecule has 3 atom stereocenters. The molecule has 2 aliphatic rings. The number of fused-ring (bicyclic) bond motifs is 1. The molecular formula is C12H15F2N. The highest BCUT2D eigenvalue weighted by Crippen LogP contribution is 2.59. The van der Waals surface area contributed by atoms with Crippen LogP contribution < -0.4 is 6.15 Å². The molecule has 1 nitrogen and oxygen atoms in total. The first-order valence-corrected chi connectivity index (χ1v) is 5.20. The first kappa shape index (κ1) is 10.6. The summed E-state index contributed by atoms with van der Waals surface area (Å²) >= 11 is 0. The molecule has 0 aliphatic heterocycles. The Morgan fingerprint density at radius 1 is 1.13 bits per heavy atom. The van der Waals surface area contributed by atoms with Gasteiger partial charge < -0.3 is 6.15 Å². The fraction of sp³-hybridized carbons (Fsp3) is 0.500. The maximum absolute atomic E-state index is 13.5. The molecule has 3 rings (SSSR count). The van der Waals surface area contributed by atoms with Gasteiger partial charge in [-0.05, 0) is 48.6 Å². The Hall–Kier alpha value is -0.960. The van der Waals surface area contributed by atoms with Crippen LogP contribution >= 0.6 is 0 Å². The lowest BCUT2D eigenvalue weighted by atomic mass is 9.93. The van der Waals surface area contributed by atoms with Gasteiger partial charge in [-0.3, -0.25) is 0 Å². The van der Waals surface area contributed by atoms with E-state index >= 15 is 0 Å². The zero-order chi connectivity index (χ0) is 9.71. The predicted molar refractivity (Wildman–Crippen MR) is 55.0 cm³/mol. The van der Waals surface area contributed by atoms with Crippen LogP contribution in [0.5, 0.6) is 0 Å². The normalized spacial score (nSPS) is 32.0. The Morgan fingerprint density at radius 3 is 2.47 bits per heavy atom. The lowest BCUT2D eigenvalue weighted by Crippen LogP contribution is -2.01. The van der Waals surface area contributed by atoms with Gasteiger partial charge in [0, 0.05) is 6.07 Å². The third-order valence-corrected chi connectivity index (χ3v) is 3.70. The van der Waals surface area contributed by atoms with Crippen LogP contribution in [0, 0.1) is 23.5 Å². The largest absolute Gasteiger partial charge is 0.344 e. The van der Waals surface area contributed by atoms with Crippen molar-refractivity contribution in [1.29, 1.82) is 0 Å². The van der Waals surface area contributed by atoms with Gasteiger partial charge in [0.1, 0.15) is 11.6 Å². The average molecular weight is 211 g/mol. The van der Waals surface area contributed by atoms with E-state index in [1.54, 1.807) is 6.07 Å². The lowest BCUT2D eigenvalue weighted by molar-refractivity contribution is 0.535. The molecule has 15 heavy (non-hydrogen) atoms. The summed E-state index contributed by atoms with van der Waals surface area (Å²) < 4.78 is 26.2. The van der Waals surface area contributed by atoms with Crippen LogP contribution in [0.2, 0.25) is 0 Å². The molecule has 0 bridgehead atoms. The first-order valence-electron chi connectivity index (χ1n) is 5.20. The molecule has 0 saturated heterocycles. The van der Waals surface area contributed by atoms with Crippen LogP contribution in [0.4, 0.5) is 8.78 Å². The van der Waals surface area contributed by atoms with Gasteiger partial charge in [0.05, 0.1) is 0 Å². The van der Waals surface area contributed by atoms with Crippen molar-refractivity contribution in [2.75, 3.05) is 0 Å². The van der Waals surface area contributed by atoms with E-state index in [2.05, 4.69) is 0 Å². The molecule has 2 fully saturated rings. The van der Waals surface area contributed by atoms with E-state index in [0.29, 0.717) is 11.8 Å². The van der Waals surface area contributed by atoms with E-state index in [4.69, 9.17) is 0 Å². The number of halogens is 2.